The van der Waals surface area contributed by atoms with Gasteiger partial charge in [-0.2, -0.15) is 0 Å². The number of hydrogen-bond acceptors (Lipinski definition) is 3. The highest BCUT2D eigenvalue weighted by Gasteiger charge is 2.32. The average Bonchev–Trinajstić information content (AvgIpc) is 2.53. The molecule has 0 radical (unpaired) electrons. The van der Waals surface area contributed by atoms with E-state index in [1.54, 1.807) is 61.5 Å². The topological polar surface area (TPSA) is 51.2 Å². The molecule has 2 aromatic carbocycles. The first kappa shape index (κ1) is 15.2. The van der Waals surface area contributed by atoms with Gasteiger partial charge in [0.1, 0.15) is 5.25 Å². The minimum Gasteiger partial charge on any atom is -0.292 e. The SMILES string of the molecule is C/C=C\C(C(=O)c1ccccc1)S(=O)(=O)c1ccccc1. The molecule has 0 aliphatic carbocycles. The summed E-state index contributed by atoms with van der Waals surface area (Å²) in [7, 11) is -3.75. The molecule has 0 spiro atoms. The van der Waals surface area contributed by atoms with Crippen LogP contribution in [0.2, 0.25) is 0 Å². The van der Waals surface area contributed by atoms with Crippen LogP contribution in [0.15, 0.2) is 77.7 Å². The molecule has 21 heavy (non-hydrogen) atoms. The minimum atomic E-state index is -3.75. The summed E-state index contributed by atoms with van der Waals surface area (Å²) >= 11 is 0. The second kappa shape index (κ2) is 6.50. The number of rotatable bonds is 5. The van der Waals surface area contributed by atoms with E-state index in [0.29, 0.717) is 5.56 Å². The van der Waals surface area contributed by atoms with Crippen molar-refractivity contribution >= 4 is 15.6 Å². The Labute approximate surface area is 124 Å². The van der Waals surface area contributed by atoms with Crippen LogP contribution in [0.5, 0.6) is 0 Å². The number of carbonyl (C=O) groups is 1. The van der Waals surface area contributed by atoms with Gasteiger partial charge in [-0.25, -0.2) is 8.42 Å². The van der Waals surface area contributed by atoms with E-state index in [2.05, 4.69) is 0 Å². The Bertz CT molecular complexity index is 732. The van der Waals surface area contributed by atoms with Gasteiger partial charge in [-0.1, -0.05) is 60.7 Å². The first-order valence-corrected chi connectivity index (χ1v) is 8.13. The predicted molar refractivity (Wildman–Crippen MR) is 83.0 cm³/mol. The van der Waals surface area contributed by atoms with Gasteiger partial charge in [-0.15, -0.1) is 0 Å². The third kappa shape index (κ3) is 3.28. The summed E-state index contributed by atoms with van der Waals surface area (Å²) in [6.45, 7) is 1.70. The molecule has 0 amide bonds. The number of sulfone groups is 1. The normalized spacial score (nSPS) is 13.2. The van der Waals surface area contributed by atoms with E-state index in [-0.39, 0.29) is 4.90 Å². The number of carbonyl (C=O) groups excluding carboxylic acids is 1. The van der Waals surface area contributed by atoms with Crippen molar-refractivity contribution in [2.45, 2.75) is 17.1 Å². The van der Waals surface area contributed by atoms with Crippen LogP contribution in [0, 0.1) is 0 Å². The van der Waals surface area contributed by atoms with Crippen molar-refractivity contribution in [1.82, 2.24) is 0 Å². The summed E-state index contributed by atoms with van der Waals surface area (Å²) in [6.07, 6.45) is 3.02. The van der Waals surface area contributed by atoms with Gasteiger partial charge >= 0.3 is 0 Å². The quantitative estimate of drug-likeness (QED) is 0.629. The summed E-state index contributed by atoms with van der Waals surface area (Å²) < 4.78 is 25.3. The van der Waals surface area contributed by atoms with Crippen LogP contribution in [0.3, 0.4) is 0 Å². The van der Waals surface area contributed by atoms with Gasteiger partial charge < -0.3 is 0 Å². The van der Waals surface area contributed by atoms with E-state index in [1.165, 1.54) is 18.2 Å². The average molecular weight is 300 g/mol. The Morgan fingerprint density at radius 1 is 0.952 bits per heavy atom. The fraction of sp³-hybridized carbons (Fsp3) is 0.118. The molecule has 2 aromatic rings. The maximum absolute atomic E-state index is 12.7. The lowest BCUT2D eigenvalue weighted by Gasteiger charge is -2.13. The Hall–Kier alpha value is -2.20. The first-order chi connectivity index (χ1) is 10.1. The molecule has 0 aliphatic rings. The highest BCUT2D eigenvalue weighted by atomic mass is 32.2. The molecular weight excluding hydrogens is 284 g/mol. The lowest BCUT2D eigenvalue weighted by Crippen LogP contribution is -2.28. The van der Waals surface area contributed by atoms with Crippen LogP contribution >= 0.6 is 0 Å². The van der Waals surface area contributed by atoms with E-state index < -0.39 is 20.9 Å². The zero-order chi connectivity index (χ0) is 15.3. The number of allylic oxidation sites excluding steroid dienone is 1. The van der Waals surface area contributed by atoms with Crippen molar-refractivity contribution in [3.63, 3.8) is 0 Å². The summed E-state index contributed by atoms with van der Waals surface area (Å²) in [6, 6.07) is 16.5. The number of benzene rings is 2. The number of ketones is 1. The van der Waals surface area contributed by atoms with Crippen LogP contribution in [0.25, 0.3) is 0 Å². The fourth-order valence-corrected chi connectivity index (χ4v) is 3.64. The van der Waals surface area contributed by atoms with Gasteiger partial charge in [0.25, 0.3) is 0 Å². The number of hydrogen-bond donors (Lipinski definition) is 0. The summed E-state index contributed by atoms with van der Waals surface area (Å²) in [5.74, 6) is -0.419. The molecule has 0 heterocycles. The lowest BCUT2D eigenvalue weighted by atomic mass is 10.1. The molecule has 0 bridgehead atoms. The number of Topliss-reactive ketones (excluding diaryl/α,β-unsaturated/α-hetero) is 1. The molecule has 2 rings (SSSR count). The van der Waals surface area contributed by atoms with Gasteiger partial charge in [-0.05, 0) is 19.1 Å². The third-order valence-corrected chi connectivity index (χ3v) is 5.06. The zero-order valence-corrected chi connectivity index (χ0v) is 12.5. The molecule has 0 saturated carbocycles. The van der Waals surface area contributed by atoms with Gasteiger partial charge in [-0.3, -0.25) is 4.79 Å². The molecular formula is C17H16O3S. The van der Waals surface area contributed by atoms with E-state index in [9.17, 15) is 13.2 Å². The van der Waals surface area contributed by atoms with Crippen LogP contribution < -0.4 is 0 Å². The Balaban J connectivity index is 2.47. The minimum absolute atomic E-state index is 0.150. The molecule has 0 aromatic heterocycles. The largest absolute Gasteiger partial charge is 0.292 e. The molecule has 0 fully saturated rings. The highest BCUT2D eigenvalue weighted by Crippen LogP contribution is 2.20. The lowest BCUT2D eigenvalue weighted by molar-refractivity contribution is 0.0998. The van der Waals surface area contributed by atoms with E-state index in [1.807, 2.05) is 0 Å². The summed E-state index contributed by atoms with van der Waals surface area (Å²) in [4.78, 5) is 12.7. The van der Waals surface area contributed by atoms with Crippen molar-refractivity contribution in [1.29, 1.82) is 0 Å². The molecule has 108 valence electrons. The van der Waals surface area contributed by atoms with Gasteiger partial charge in [0.2, 0.25) is 0 Å². The van der Waals surface area contributed by atoms with Crippen molar-refractivity contribution in [3.05, 3.63) is 78.4 Å². The molecule has 1 atom stereocenters. The Kier molecular flexibility index (Phi) is 4.70. The molecule has 3 nitrogen and oxygen atoms in total. The maximum Gasteiger partial charge on any atom is 0.192 e. The monoisotopic (exact) mass is 300 g/mol. The highest BCUT2D eigenvalue weighted by molar-refractivity contribution is 7.93. The van der Waals surface area contributed by atoms with Gasteiger partial charge in [0, 0.05) is 5.56 Å². The van der Waals surface area contributed by atoms with Crippen molar-refractivity contribution in [2.24, 2.45) is 0 Å². The second-order valence-electron chi connectivity index (χ2n) is 4.53. The maximum atomic E-state index is 12.7. The molecule has 4 heteroatoms. The van der Waals surface area contributed by atoms with Crippen LogP contribution in [-0.2, 0) is 9.84 Å². The van der Waals surface area contributed by atoms with Crippen molar-refractivity contribution in [2.75, 3.05) is 0 Å². The van der Waals surface area contributed by atoms with E-state index >= 15 is 0 Å². The summed E-state index contributed by atoms with van der Waals surface area (Å²) in [5.41, 5.74) is 0.389. The predicted octanol–water partition coefficient (Wildman–Crippen LogP) is 3.29. The molecule has 0 N–H and O–H groups in total. The molecule has 0 aliphatic heterocycles. The van der Waals surface area contributed by atoms with Crippen molar-refractivity contribution in [3.8, 4) is 0 Å². The standard InChI is InChI=1S/C17H16O3S/c1-2-9-16(17(18)14-10-5-3-6-11-14)21(19,20)15-12-7-4-8-13-15/h2-13,16H,1H3/b9-2-. The van der Waals surface area contributed by atoms with Crippen LogP contribution in [-0.4, -0.2) is 19.5 Å². The molecule has 0 saturated heterocycles. The van der Waals surface area contributed by atoms with Crippen LogP contribution in [0.1, 0.15) is 17.3 Å². The van der Waals surface area contributed by atoms with E-state index in [0.717, 1.165) is 0 Å². The summed E-state index contributed by atoms with van der Waals surface area (Å²) in [5, 5.41) is -1.20. The Morgan fingerprint density at radius 2 is 1.48 bits per heavy atom. The van der Waals surface area contributed by atoms with E-state index in [4.69, 9.17) is 0 Å². The zero-order valence-electron chi connectivity index (χ0n) is 11.6. The third-order valence-electron chi connectivity index (χ3n) is 3.09. The Morgan fingerprint density at radius 3 is 2.00 bits per heavy atom. The second-order valence-corrected chi connectivity index (χ2v) is 6.60. The first-order valence-electron chi connectivity index (χ1n) is 6.58. The van der Waals surface area contributed by atoms with Gasteiger partial charge in [0.15, 0.2) is 15.6 Å². The van der Waals surface area contributed by atoms with Crippen molar-refractivity contribution < 1.29 is 13.2 Å². The molecule has 1 unspecified atom stereocenters. The van der Waals surface area contributed by atoms with Crippen LogP contribution in [0.4, 0.5) is 0 Å². The fourth-order valence-electron chi connectivity index (χ4n) is 2.03. The smallest absolute Gasteiger partial charge is 0.192 e. The van der Waals surface area contributed by atoms with Gasteiger partial charge in [0.05, 0.1) is 4.90 Å².